The highest BCUT2D eigenvalue weighted by atomic mass is 32.1. The average Bonchev–Trinajstić information content (AvgIpc) is 3.37. The summed E-state index contributed by atoms with van der Waals surface area (Å²) >= 11 is 1.54. The van der Waals surface area contributed by atoms with E-state index in [4.69, 9.17) is 5.73 Å². The Bertz CT molecular complexity index is 977. The third kappa shape index (κ3) is 2.49. The molecular formula is C19H21N5OS. The number of anilines is 1. The van der Waals surface area contributed by atoms with E-state index in [2.05, 4.69) is 26.9 Å². The first-order chi connectivity index (χ1) is 12.7. The van der Waals surface area contributed by atoms with E-state index in [0.29, 0.717) is 5.13 Å². The minimum absolute atomic E-state index is 0.125. The molecule has 2 unspecified atom stereocenters. The van der Waals surface area contributed by atoms with Crippen molar-refractivity contribution in [1.29, 1.82) is 0 Å². The largest absolute Gasteiger partial charge is 0.375 e. The molecule has 2 atom stereocenters. The van der Waals surface area contributed by atoms with Crippen LogP contribution < -0.4 is 5.73 Å². The monoisotopic (exact) mass is 367 g/mol. The highest BCUT2D eigenvalue weighted by Gasteiger charge is 2.36. The van der Waals surface area contributed by atoms with Crippen LogP contribution in [0.3, 0.4) is 0 Å². The average molecular weight is 367 g/mol. The summed E-state index contributed by atoms with van der Waals surface area (Å²) in [5.74, 6) is 0.0793. The Kier molecular flexibility index (Phi) is 3.70. The molecule has 5 rings (SSSR count). The molecule has 1 aliphatic carbocycles. The van der Waals surface area contributed by atoms with Gasteiger partial charge < -0.3 is 10.6 Å². The summed E-state index contributed by atoms with van der Waals surface area (Å²) in [6.45, 7) is 1.50. The van der Waals surface area contributed by atoms with Crippen molar-refractivity contribution in [2.24, 2.45) is 0 Å². The summed E-state index contributed by atoms with van der Waals surface area (Å²) in [5.41, 5.74) is 7.95. The standard InChI is InChI=1S/C19H21N5OS/c20-19-22-17-14(5-3-7-16(17)26-19)18(25)23-9-8-13(11-23)24-15-6-2-1-4-12(15)10-21-24/h1-2,4,6,10,13-14H,3,5,7-9,11H2,(H2,20,22). The molecule has 2 aromatic heterocycles. The number of nitrogens with zero attached hydrogens (tertiary/aromatic N) is 4. The molecule has 0 bridgehead atoms. The normalized spacial score (nSPS) is 22.7. The number of hydrogen-bond donors (Lipinski definition) is 1. The number of nitrogen functional groups attached to an aromatic ring is 1. The van der Waals surface area contributed by atoms with Crippen LogP contribution in [0.15, 0.2) is 30.5 Å². The molecule has 1 fully saturated rings. The lowest BCUT2D eigenvalue weighted by molar-refractivity contribution is -0.132. The van der Waals surface area contributed by atoms with E-state index in [-0.39, 0.29) is 17.9 Å². The number of rotatable bonds is 2. The minimum atomic E-state index is -0.125. The van der Waals surface area contributed by atoms with Crippen molar-refractivity contribution in [2.75, 3.05) is 18.8 Å². The smallest absolute Gasteiger partial charge is 0.231 e. The van der Waals surface area contributed by atoms with Crippen LogP contribution in [-0.4, -0.2) is 38.7 Å². The lowest BCUT2D eigenvalue weighted by atomic mass is 9.90. The van der Waals surface area contributed by atoms with Crippen LogP contribution in [-0.2, 0) is 11.2 Å². The topological polar surface area (TPSA) is 77.0 Å². The fraction of sp³-hybridized carbons (Fsp3) is 0.421. The number of carbonyl (C=O) groups is 1. The number of likely N-dealkylation sites (tertiary alicyclic amines) is 1. The number of carbonyl (C=O) groups excluding carboxylic acids is 1. The maximum atomic E-state index is 13.2. The number of aryl methyl sites for hydroxylation is 1. The Morgan fingerprint density at radius 3 is 3.08 bits per heavy atom. The number of hydrogen-bond acceptors (Lipinski definition) is 5. The SMILES string of the molecule is Nc1nc2c(s1)CCCC2C(=O)N1CCC(n2ncc3ccccc32)C1. The Balaban J connectivity index is 1.37. The molecule has 3 aromatic rings. The van der Waals surface area contributed by atoms with Gasteiger partial charge in [0.05, 0.1) is 29.4 Å². The van der Waals surface area contributed by atoms with Crippen LogP contribution in [0.25, 0.3) is 10.9 Å². The van der Waals surface area contributed by atoms with Gasteiger partial charge in [-0.15, -0.1) is 11.3 Å². The predicted octanol–water partition coefficient (Wildman–Crippen LogP) is 2.97. The molecule has 3 heterocycles. The lowest BCUT2D eigenvalue weighted by Gasteiger charge is -2.25. The van der Waals surface area contributed by atoms with E-state index in [0.717, 1.165) is 55.4 Å². The summed E-state index contributed by atoms with van der Waals surface area (Å²) in [5, 5.41) is 6.30. The van der Waals surface area contributed by atoms with Gasteiger partial charge >= 0.3 is 0 Å². The van der Waals surface area contributed by atoms with Gasteiger partial charge in [0, 0.05) is 23.4 Å². The summed E-state index contributed by atoms with van der Waals surface area (Å²) in [4.78, 5) is 20.8. The summed E-state index contributed by atoms with van der Waals surface area (Å²) < 4.78 is 2.08. The van der Waals surface area contributed by atoms with Gasteiger partial charge in [-0.2, -0.15) is 5.10 Å². The first kappa shape index (κ1) is 15.8. The molecule has 1 saturated heterocycles. The van der Waals surface area contributed by atoms with Gasteiger partial charge in [0.25, 0.3) is 0 Å². The first-order valence-corrected chi connectivity index (χ1v) is 9.98. The van der Waals surface area contributed by atoms with Gasteiger partial charge in [0.15, 0.2) is 5.13 Å². The van der Waals surface area contributed by atoms with Crippen molar-refractivity contribution in [1.82, 2.24) is 19.7 Å². The quantitative estimate of drug-likeness (QED) is 0.755. The molecule has 1 aromatic carbocycles. The predicted molar refractivity (Wildman–Crippen MR) is 102 cm³/mol. The first-order valence-electron chi connectivity index (χ1n) is 9.17. The van der Waals surface area contributed by atoms with Crippen molar-refractivity contribution in [3.8, 4) is 0 Å². The van der Waals surface area contributed by atoms with E-state index in [1.807, 2.05) is 23.2 Å². The highest BCUT2D eigenvalue weighted by Crippen LogP contribution is 2.38. The minimum Gasteiger partial charge on any atom is -0.375 e. The number of benzene rings is 1. The third-order valence-electron chi connectivity index (χ3n) is 5.59. The van der Waals surface area contributed by atoms with Gasteiger partial charge in [-0.3, -0.25) is 9.48 Å². The number of fused-ring (bicyclic) bond motifs is 2. The zero-order valence-corrected chi connectivity index (χ0v) is 15.3. The molecular weight excluding hydrogens is 346 g/mol. The number of para-hydroxylation sites is 1. The fourth-order valence-corrected chi connectivity index (χ4v) is 5.26. The van der Waals surface area contributed by atoms with Gasteiger partial charge in [0.1, 0.15) is 0 Å². The molecule has 2 N–H and O–H groups in total. The van der Waals surface area contributed by atoms with Crippen molar-refractivity contribution in [3.05, 3.63) is 41.0 Å². The molecule has 26 heavy (non-hydrogen) atoms. The molecule has 1 amide bonds. The number of aromatic nitrogens is 3. The maximum Gasteiger partial charge on any atom is 0.231 e. The summed E-state index contributed by atoms with van der Waals surface area (Å²) in [6, 6.07) is 8.47. The van der Waals surface area contributed by atoms with Crippen LogP contribution >= 0.6 is 11.3 Å². The molecule has 6 nitrogen and oxygen atoms in total. The van der Waals surface area contributed by atoms with Crippen LogP contribution in [0, 0.1) is 0 Å². The van der Waals surface area contributed by atoms with Gasteiger partial charge in [0.2, 0.25) is 5.91 Å². The Hall–Kier alpha value is -2.41. The van der Waals surface area contributed by atoms with Crippen molar-refractivity contribution in [2.45, 2.75) is 37.6 Å². The number of nitrogens with two attached hydrogens (primary N) is 1. The summed E-state index contributed by atoms with van der Waals surface area (Å²) in [7, 11) is 0. The van der Waals surface area contributed by atoms with E-state index < -0.39 is 0 Å². The Labute approximate surface area is 155 Å². The molecule has 7 heteroatoms. The van der Waals surface area contributed by atoms with Crippen molar-refractivity contribution < 1.29 is 4.79 Å². The molecule has 0 radical (unpaired) electrons. The van der Waals surface area contributed by atoms with E-state index in [1.54, 1.807) is 0 Å². The van der Waals surface area contributed by atoms with E-state index in [9.17, 15) is 4.79 Å². The lowest BCUT2D eigenvalue weighted by Crippen LogP contribution is -2.35. The highest BCUT2D eigenvalue weighted by molar-refractivity contribution is 7.15. The van der Waals surface area contributed by atoms with Crippen LogP contribution in [0.2, 0.25) is 0 Å². The summed E-state index contributed by atoms with van der Waals surface area (Å²) in [6.07, 6.45) is 5.75. The Morgan fingerprint density at radius 2 is 2.15 bits per heavy atom. The second-order valence-electron chi connectivity index (χ2n) is 7.18. The van der Waals surface area contributed by atoms with Crippen LogP contribution in [0.1, 0.15) is 41.8 Å². The maximum absolute atomic E-state index is 13.2. The molecule has 134 valence electrons. The van der Waals surface area contributed by atoms with E-state index in [1.165, 1.54) is 16.2 Å². The molecule has 0 saturated carbocycles. The van der Waals surface area contributed by atoms with Gasteiger partial charge in [-0.05, 0) is 31.7 Å². The number of amides is 1. The number of thiazole rings is 1. The van der Waals surface area contributed by atoms with Crippen molar-refractivity contribution in [3.63, 3.8) is 0 Å². The molecule has 1 aliphatic heterocycles. The molecule has 2 aliphatic rings. The second-order valence-corrected chi connectivity index (χ2v) is 8.30. The molecule has 0 spiro atoms. The van der Waals surface area contributed by atoms with E-state index >= 15 is 0 Å². The second kappa shape index (κ2) is 6.09. The Morgan fingerprint density at radius 1 is 1.27 bits per heavy atom. The van der Waals surface area contributed by atoms with Gasteiger partial charge in [-0.1, -0.05) is 18.2 Å². The van der Waals surface area contributed by atoms with Crippen molar-refractivity contribution >= 4 is 33.3 Å². The van der Waals surface area contributed by atoms with Crippen LogP contribution in [0.4, 0.5) is 5.13 Å². The fourth-order valence-electron chi connectivity index (χ4n) is 4.32. The zero-order valence-electron chi connectivity index (χ0n) is 14.5. The van der Waals surface area contributed by atoms with Crippen LogP contribution in [0.5, 0.6) is 0 Å². The third-order valence-corrected chi connectivity index (χ3v) is 6.55. The zero-order chi connectivity index (χ0) is 17.7. The van der Waals surface area contributed by atoms with Gasteiger partial charge in [-0.25, -0.2) is 4.98 Å².